The van der Waals surface area contributed by atoms with Crippen molar-refractivity contribution >= 4 is 34.5 Å². The Morgan fingerprint density at radius 1 is 1.50 bits per heavy atom. The highest BCUT2D eigenvalue weighted by atomic mass is 35.5. The number of aromatic amines is 1. The van der Waals surface area contributed by atoms with Crippen molar-refractivity contribution in [3.8, 4) is 0 Å². The minimum absolute atomic E-state index is 0.0890. The summed E-state index contributed by atoms with van der Waals surface area (Å²) in [5.74, 6) is 0.369. The van der Waals surface area contributed by atoms with Crippen LogP contribution in [0.25, 0.3) is 11.2 Å². The van der Waals surface area contributed by atoms with Gasteiger partial charge in [0.15, 0.2) is 11.5 Å². The smallest absolute Gasteiger partial charge is 0.239 e. The molecule has 0 aliphatic carbocycles. The number of aromatic nitrogens is 4. The molecular weight excluding hydrogens is 256 g/mol. The third kappa shape index (κ3) is 2.86. The summed E-state index contributed by atoms with van der Waals surface area (Å²) in [6.07, 6.45) is 2.40. The van der Waals surface area contributed by atoms with Crippen LogP contribution in [-0.2, 0) is 4.79 Å². The maximum atomic E-state index is 11.5. The maximum Gasteiger partial charge on any atom is 0.239 e. The molecule has 2 aromatic heterocycles. The number of rotatable bonds is 5. The third-order valence-corrected chi connectivity index (χ3v) is 2.42. The summed E-state index contributed by atoms with van der Waals surface area (Å²) < 4.78 is 0. The first-order chi connectivity index (χ1) is 8.70. The first kappa shape index (κ1) is 12.6. The van der Waals surface area contributed by atoms with Crippen molar-refractivity contribution in [2.45, 2.75) is 13.3 Å². The van der Waals surface area contributed by atoms with Crippen LogP contribution in [-0.4, -0.2) is 38.9 Å². The average molecular weight is 269 g/mol. The quantitative estimate of drug-likeness (QED) is 0.702. The second kappa shape index (κ2) is 5.63. The van der Waals surface area contributed by atoms with Crippen LogP contribution >= 0.6 is 11.6 Å². The predicted octanol–water partition coefficient (Wildman–Crippen LogP) is 0.944. The molecule has 0 bridgehead atoms. The summed E-state index contributed by atoms with van der Waals surface area (Å²) in [7, 11) is 0. The van der Waals surface area contributed by atoms with Crippen LogP contribution in [0.2, 0.25) is 5.28 Å². The highest BCUT2D eigenvalue weighted by molar-refractivity contribution is 6.28. The van der Waals surface area contributed by atoms with Gasteiger partial charge < -0.3 is 15.6 Å². The lowest BCUT2D eigenvalue weighted by molar-refractivity contribution is -0.119. The number of halogens is 1. The Morgan fingerprint density at radius 3 is 3.11 bits per heavy atom. The normalized spacial score (nSPS) is 10.6. The van der Waals surface area contributed by atoms with E-state index < -0.39 is 0 Å². The fourth-order valence-corrected chi connectivity index (χ4v) is 1.59. The van der Waals surface area contributed by atoms with E-state index in [-0.39, 0.29) is 17.7 Å². The number of amides is 1. The molecule has 0 aromatic carbocycles. The highest BCUT2D eigenvalue weighted by Crippen LogP contribution is 2.17. The van der Waals surface area contributed by atoms with Crippen molar-refractivity contribution in [3.63, 3.8) is 0 Å². The molecular formula is C10H13ClN6O. The number of imidazole rings is 1. The van der Waals surface area contributed by atoms with Crippen molar-refractivity contribution in [2.75, 3.05) is 18.4 Å². The van der Waals surface area contributed by atoms with Crippen LogP contribution in [0, 0.1) is 0 Å². The van der Waals surface area contributed by atoms with Crippen LogP contribution in [0.1, 0.15) is 13.3 Å². The average Bonchev–Trinajstić information content (AvgIpc) is 2.81. The molecule has 2 rings (SSSR count). The first-order valence-corrected chi connectivity index (χ1v) is 5.95. The molecule has 7 nitrogen and oxygen atoms in total. The van der Waals surface area contributed by atoms with Crippen LogP contribution in [0.5, 0.6) is 0 Å². The Balaban J connectivity index is 2.07. The molecule has 0 fully saturated rings. The number of H-pyrrole nitrogens is 1. The van der Waals surface area contributed by atoms with Crippen molar-refractivity contribution < 1.29 is 4.79 Å². The highest BCUT2D eigenvalue weighted by Gasteiger charge is 2.09. The van der Waals surface area contributed by atoms with Crippen LogP contribution < -0.4 is 10.6 Å². The van der Waals surface area contributed by atoms with Crippen molar-refractivity contribution in [2.24, 2.45) is 0 Å². The number of hydrogen-bond acceptors (Lipinski definition) is 5. The Labute approximate surface area is 108 Å². The van der Waals surface area contributed by atoms with E-state index in [2.05, 4.69) is 30.6 Å². The largest absolute Gasteiger partial charge is 0.359 e. The van der Waals surface area contributed by atoms with Gasteiger partial charge in [0.1, 0.15) is 5.52 Å². The minimum atomic E-state index is -0.0979. The number of nitrogens with zero attached hydrogens (tertiary/aromatic N) is 3. The molecule has 0 radical (unpaired) electrons. The van der Waals surface area contributed by atoms with Crippen molar-refractivity contribution in [3.05, 3.63) is 11.6 Å². The summed E-state index contributed by atoms with van der Waals surface area (Å²) in [5, 5.41) is 5.75. The molecule has 0 aliphatic heterocycles. The molecule has 2 aromatic rings. The van der Waals surface area contributed by atoms with E-state index in [9.17, 15) is 4.79 Å². The van der Waals surface area contributed by atoms with Gasteiger partial charge in [0.25, 0.3) is 0 Å². The summed E-state index contributed by atoms with van der Waals surface area (Å²) in [6, 6.07) is 0. The Kier molecular flexibility index (Phi) is 3.93. The topological polar surface area (TPSA) is 95.6 Å². The molecule has 18 heavy (non-hydrogen) atoms. The molecule has 0 unspecified atom stereocenters. The van der Waals surface area contributed by atoms with E-state index in [1.165, 1.54) is 6.33 Å². The zero-order valence-corrected chi connectivity index (χ0v) is 10.6. The lowest BCUT2D eigenvalue weighted by Crippen LogP contribution is -2.30. The fraction of sp³-hybridized carbons (Fsp3) is 0.400. The Morgan fingerprint density at radius 2 is 2.33 bits per heavy atom. The van der Waals surface area contributed by atoms with Crippen LogP contribution in [0.3, 0.4) is 0 Å². The SMILES string of the molecule is CCCNC(=O)CNc1nc(Cl)nc2nc[nH]c12. The molecule has 0 spiro atoms. The van der Waals surface area contributed by atoms with Gasteiger partial charge in [-0.25, -0.2) is 4.98 Å². The van der Waals surface area contributed by atoms with Gasteiger partial charge in [-0.3, -0.25) is 4.79 Å². The van der Waals surface area contributed by atoms with Gasteiger partial charge in [-0.2, -0.15) is 9.97 Å². The van der Waals surface area contributed by atoms with E-state index in [1.54, 1.807) is 0 Å². The number of anilines is 1. The number of hydrogen-bond donors (Lipinski definition) is 3. The number of carbonyl (C=O) groups excluding carboxylic acids is 1. The van der Waals surface area contributed by atoms with Crippen LogP contribution in [0.4, 0.5) is 5.82 Å². The van der Waals surface area contributed by atoms with Crippen molar-refractivity contribution in [1.29, 1.82) is 0 Å². The van der Waals surface area contributed by atoms with E-state index >= 15 is 0 Å². The van der Waals surface area contributed by atoms with E-state index in [0.29, 0.717) is 23.5 Å². The van der Waals surface area contributed by atoms with E-state index in [1.807, 2.05) is 6.92 Å². The van der Waals surface area contributed by atoms with Gasteiger partial charge in [-0.1, -0.05) is 6.92 Å². The molecule has 8 heteroatoms. The van der Waals surface area contributed by atoms with Gasteiger partial charge in [-0.15, -0.1) is 0 Å². The standard InChI is InChI=1S/C10H13ClN6O/c1-2-3-12-6(18)4-13-8-7-9(15-5-14-7)17-10(11)16-8/h5H,2-4H2,1H3,(H,12,18)(H2,13,14,15,16,17). The van der Waals surface area contributed by atoms with E-state index in [0.717, 1.165) is 6.42 Å². The first-order valence-electron chi connectivity index (χ1n) is 5.58. The Hall–Kier alpha value is -1.89. The zero-order valence-electron chi connectivity index (χ0n) is 9.83. The molecule has 0 aliphatic rings. The van der Waals surface area contributed by atoms with E-state index in [4.69, 9.17) is 11.6 Å². The number of nitrogens with one attached hydrogen (secondary N) is 3. The summed E-state index contributed by atoms with van der Waals surface area (Å²) in [4.78, 5) is 26.3. The lowest BCUT2D eigenvalue weighted by Gasteiger charge is -2.06. The van der Waals surface area contributed by atoms with Gasteiger partial charge in [0.05, 0.1) is 12.9 Å². The zero-order chi connectivity index (χ0) is 13.0. The molecule has 2 heterocycles. The summed E-state index contributed by atoms with van der Waals surface area (Å²) >= 11 is 5.76. The number of carbonyl (C=O) groups is 1. The maximum absolute atomic E-state index is 11.5. The fourth-order valence-electron chi connectivity index (χ4n) is 1.43. The molecule has 1 amide bonds. The molecule has 0 saturated carbocycles. The number of fused-ring (bicyclic) bond motifs is 1. The van der Waals surface area contributed by atoms with Crippen molar-refractivity contribution in [1.82, 2.24) is 25.3 Å². The van der Waals surface area contributed by atoms with Gasteiger partial charge in [-0.05, 0) is 18.0 Å². The third-order valence-electron chi connectivity index (χ3n) is 2.25. The van der Waals surface area contributed by atoms with Gasteiger partial charge in [0, 0.05) is 6.54 Å². The molecule has 96 valence electrons. The lowest BCUT2D eigenvalue weighted by atomic mass is 10.4. The van der Waals surface area contributed by atoms with Crippen LogP contribution in [0.15, 0.2) is 6.33 Å². The van der Waals surface area contributed by atoms with Gasteiger partial charge >= 0.3 is 0 Å². The van der Waals surface area contributed by atoms with Gasteiger partial charge in [0.2, 0.25) is 11.2 Å². The molecule has 0 saturated heterocycles. The predicted molar refractivity (Wildman–Crippen MR) is 68.5 cm³/mol. The molecule has 0 atom stereocenters. The monoisotopic (exact) mass is 268 g/mol. The summed E-state index contributed by atoms with van der Waals surface area (Å²) in [5.41, 5.74) is 1.09. The second-order valence-corrected chi connectivity index (χ2v) is 3.98. The summed E-state index contributed by atoms with van der Waals surface area (Å²) in [6.45, 7) is 2.78. The second-order valence-electron chi connectivity index (χ2n) is 3.65. The minimum Gasteiger partial charge on any atom is -0.359 e. The molecule has 3 N–H and O–H groups in total. The Bertz CT molecular complexity index is 554.